The lowest BCUT2D eigenvalue weighted by atomic mass is 10.1. The molecule has 0 fully saturated rings. The van der Waals surface area contributed by atoms with Crippen molar-refractivity contribution in [2.24, 2.45) is 0 Å². The highest BCUT2D eigenvalue weighted by molar-refractivity contribution is 5.75. The third-order valence-electron chi connectivity index (χ3n) is 3.64. The number of fused-ring (bicyclic) bond motifs is 1. The van der Waals surface area contributed by atoms with Crippen LogP contribution in [0.2, 0.25) is 0 Å². The summed E-state index contributed by atoms with van der Waals surface area (Å²) in [5.41, 5.74) is 8.38. The van der Waals surface area contributed by atoms with Crippen LogP contribution in [0, 0.1) is 13.8 Å². The van der Waals surface area contributed by atoms with Crippen LogP contribution < -0.4 is 20.9 Å². The summed E-state index contributed by atoms with van der Waals surface area (Å²) in [6, 6.07) is 9.34. The summed E-state index contributed by atoms with van der Waals surface area (Å²) in [4.78, 5) is 19.9. The van der Waals surface area contributed by atoms with Gasteiger partial charge in [-0.1, -0.05) is 17.7 Å². The number of amides is 2. The maximum Gasteiger partial charge on any atom is 0.333 e. The maximum atomic E-state index is 11.7. The van der Waals surface area contributed by atoms with Gasteiger partial charge in [0.25, 0.3) is 0 Å². The van der Waals surface area contributed by atoms with Crippen LogP contribution in [0.1, 0.15) is 17.5 Å². The lowest BCUT2D eigenvalue weighted by molar-refractivity contribution is 0.240. The van der Waals surface area contributed by atoms with Crippen molar-refractivity contribution in [2.45, 2.75) is 20.3 Å². The number of urea groups is 1. The standard InChI is InChI=1S/C18H21N5O3/c1-12-6-7-14(13(2)11-12)25-10-4-9-20-17(24)22-23-18-21-16-15(26-18)5-3-8-19-16/h3,5-8,11H,4,9-10H2,1-2H3,(H,19,21,23)(H2,20,22,24). The Morgan fingerprint density at radius 1 is 1.27 bits per heavy atom. The van der Waals surface area contributed by atoms with Crippen LogP contribution in [0.4, 0.5) is 10.8 Å². The molecule has 2 aromatic heterocycles. The van der Waals surface area contributed by atoms with Crippen LogP contribution in [-0.2, 0) is 0 Å². The van der Waals surface area contributed by atoms with Gasteiger partial charge in [0.1, 0.15) is 5.75 Å². The molecule has 0 aliphatic carbocycles. The third-order valence-corrected chi connectivity index (χ3v) is 3.64. The number of hydrazine groups is 1. The molecule has 3 aromatic rings. The molecule has 0 bridgehead atoms. The minimum absolute atomic E-state index is 0.173. The minimum atomic E-state index is -0.383. The van der Waals surface area contributed by atoms with E-state index in [1.165, 1.54) is 5.56 Å². The highest BCUT2D eigenvalue weighted by atomic mass is 16.5. The van der Waals surface area contributed by atoms with E-state index >= 15 is 0 Å². The summed E-state index contributed by atoms with van der Waals surface area (Å²) < 4.78 is 11.1. The Kier molecular flexibility index (Phi) is 5.52. The second-order valence-electron chi connectivity index (χ2n) is 5.82. The van der Waals surface area contributed by atoms with Gasteiger partial charge >= 0.3 is 12.0 Å². The average Bonchev–Trinajstić information content (AvgIpc) is 3.04. The Bertz CT molecular complexity index is 860. The Hall–Kier alpha value is -3.29. The number of aryl methyl sites for hydroxylation is 2. The molecule has 0 saturated carbocycles. The quantitative estimate of drug-likeness (QED) is 0.445. The van der Waals surface area contributed by atoms with Gasteiger partial charge in [0.15, 0.2) is 5.58 Å². The second kappa shape index (κ2) is 8.19. The largest absolute Gasteiger partial charge is 0.493 e. The second-order valence-corrected chi connectivity index (χ2v) is 5.82. The Morgan fingerprint density at radius 3 is 2.96 bits per heavy atom. The fraction of sp³-hybridized carbons (Fsp3) is 0.278. The molecule has 2 amide bonds. The number of oxazole rings is 1. The van der Waals surface area contributed by atoms with Gasteiger partial charge in [-0.2, -0.15) is 4.98 Å². The van der Waals surface area contributed by atoms with Crippen molar-refractivity contribution in [1.82, 2.24) is 20.7 Å². The minimum Gasteiger partial charge on any atom is -0.493 e. The van der Waals surface area contributed by atoms with Crippen LogP contribution in [0.3, 0.4) is 0 Å². The number of carbonyl (C=O) groups is 1. The van der Waals surface area contributed by atoms with E-state index in [2.05, 4.69) is 32.2 Å². The monoisotopic (exact) mass is 355 g/mol. The molecule has 26 heavy (non-hydrogen) atoms. The van der Waals surface area contributed by atoms with E-state index in [-0.39, 0.29) is 12.0 Å². The van der Waals surface area contributed by atoms with Crippen molar-refractivity contribution < 1.29 is 13.9 Å². The number of nitrogens with one attached hydrogen (secondary N) is 3. The van der Waals surface area contributed by atoms with Crippen LogP contribution in [-0.4, -0.2) is 29.2 Å². The van der Waals surface area contributed by atoms with Gasteiger partial charge in [-0.3, -0.25) is 0 Å². The highest BCUT2D eigenvalue weighted by Gasteiger charge is 2.07. The Labute approximate surface area is 150 Å². The molecule has 3 N–H and O–H groups in total. The van der Waals surface area contributed by atoms with Gasteiger partial charge in [0.05, 0.1) is 6.61 Å². The molecule has 0 spiro atoms. The number of rotatable bonds is 7. The highest BCUT2D eigenvalue weighted by Crippen LogP contribution is 2.18. The summed E-state index contributed by atoms with van der Waals surface area (Å²) >= 11 is 0. The summed E-state index contributed by atoms with van der Waals surface area (Å²) in [7, 11) is 0. The fourth-order valence-electron chi connectivity index (χ4n) is 2.39. The van der Waals surface area contributed by atoms with Gasteiger partial charge in [0, 0.05) is 12.7 Å². The van der Waals surface area contributed by atoms with E-state index in [1.807, 2.05) is 26.0 Å². The summed E-state index contributed by atoms with van der Waals surface area (Å²) in [6.45, 7) is 5.06. The molecule has 0 atom stereocenters. The zero-order valence-electron chi connectivity index (χ0n) is 14.7. The summed E-state index contributed by atoms with van der Waals surface area (Å²) in [5.74, 6) is 0.867. The van der Waals surface area contributed by atoms with Crippen molar-refractivity contribution in [1.29, 1.82) is 0 Å². The van der Waals surface area contributed by atoms with Crippen LogP contribution in [0.15, 0.2) is 40.9 Å². The number of hydrogen-bond donors (Lipinski definition) is 3. The van der Waals surface area contributed by atoms with E-state index in [0.29, 0.717) is 30.8 Å². The van der Waals surface area contributed by atoms with Crippen molar-refractivity contribution in [2.75, 3.05) is 18.6 Å². The molecular weight excluding hydrogens is 334 g/mol. The van der Waals surface area contributed by atoms with E-state index in [9.17, 15) is 4.79 Å². The summed E-state index contributed by atoms with van der Waals surface area (Å²) in [5, 5.41) is 2.72. The first-order chi connectivity index (χ1) is 12.6. The molecule has 3 rings (SSSR count). The first kappa shape index (κ1) is 17.5. The number of aromatic nitrogens is 2. The van der Waals surface area contributed by atoms with Crippen molar-refractivity contribution in [3.8, 4) is 5.75 Å². The molecule has 0 saturated heterocycles. The zero-order chi connectivity index (χ0) is 18.4. The normalized spacial score (nSPS) is 10.5. The van der Waals surface area contributed by atoms with Gasteiger partial charge in [0.2, 0.25) is 5.65 Å². The van der Waals surface area contributed by atoms with Crippen molar-refractivity contribution in [3.05, 3.63) is 47.7 Å². The summed E-state index contributed by atoms with van der Waals surface area (Å²) in [6.07, 6.45) is 2.31. The number of anilines is 1. The van der Waals surface area contributed by atoms with E-state index < -0.39 is 0 Å². The van der Waals surface area contributed by atoms with Crippen LogP contribution in [0.5, 0.6) is 5.75 Å². The molecule has 136 valence electrons. The Morgan fingerprint density at radius 2 is 2.15 bits per heavy atom. The fourth-order valence-corrected chi connectivity index (χ4v) is 2.39. The number of pyridine rings is 1. The number of hydrogen-bond acceptors (Lipinski definition) is 6. The molecule has 0 unspecified atom stereocenters. The smallest absolute Gasteiger partial charge is 0.333 e. The van der Waals surface area contributed by atoms with E-state index in [1.54, 1.807) is 18.3 Å². The van der Waals surface area contributed by atoms with Crippen LogP contribution >= 0.6 is 0 Å². The molecule has 1 aromatic carbocycles. The van der Waals surface area contributed by atoms with Gasteiger partial charge in [-0.05, 0) is 44.0 Å². The third kappa shape index (κ3) is 4.62. The number of benzene rings is 1. The maximum absolute atomic E-state index is 11.7. The van der Waals surface area contributed by atoms with Crippen LogP contribution in [0.25, 0.3) is 11.2 Å². The van der Waals surface area contributed by atoms with Gasteiger partial charge < -0.3 is 14.5 Å². The molecule has 8 heteroatoms. The first-order valence-electron chi connectivity index (χ1n) is 8.33. The first-order valence-corrected chi connectivity index (χ1v) is 8.33. The van der Waals surface area contributed by atoms with E-state index in [4.69, 9.17) is 9.15 Å². The molecule has 8 nitrogen and oxygen atoms in total. The number of nitrogens with zero attached hydrogens (tertiary/aromatic N) is 2. The van der Waals surface area contributed by atoms with Crippen molar-refractivity contribution >= 4 is 23.3 Å². The topological polar surface area (TPSA) is 101 Å². The lowest BCUT2D eigenvalue weighted by Gasteiger charge is -2.10. The van der Waals surface area contributed by atoms with Gasteiger partial charge in [-0.25, -0.2) is 20.6 Å². The SMILES string of the molecule is Cc1ccc(OCCCNC(=O)NNc2nc3ncccc3o2)c(C)c1. The Balaban J connectivity index is 1.34. The molecule has 0 radical (unpaired) electrons. The van der Waals surface area contributed by atoms with E-state index in [0.717, 1.165) is 11.3 Å². The lowest BCUT2D eigenvalue weighted by Crippen LogP contribution is -2.39. The van der Waals surface area contributed by atoms with Crippen molar-refractivity contribution in [3.63, 3.8) is 0 Å². The molecule has 0 aliphatic heterocycles. The predicted octanol–water partition coefficient (Wildman–Crippen LogP) is 2.93. The van der Waals surface area contributed by atoms with Gasteiger partial charge in [-0.15, -0.1) is 0 Å². The molecule has 0 aliphatic rings. The number of ether oxygens (including phenoxy) is 1. The molecule has 2 heterocycles. The number of carbonyl (C=O) groups excluding carboxylic acids is 1. The average molecular weight is 355 g/mol. The predicted molar refractivity (Wildman–Crippen MR) is 98.0 cm³/mol. The molecular formula is C18H21N5O3. The zero-order valence-corrected chi connectivity index (χ0v) is 14.7.